The Morgan fingerprint density at radius 1 is 1.19 bits per heavy atom. The Morgan fingerprint density at radius 3 is 2.44 bits per heavy atom. The molecule has 2 aromatic rings. The van der Waals surface area contributed by atoms with Crippen molar-refractivity contribution in [2.75, 3.05) is 17.1 Å². The highest BCUT2D eigenvalue weighted by Gasteiger charge is 2.22. The summed E-state index contributed by atoms with van der Waals surface area (Å²) in [7, 11) is -3.77. The third-order valence-corrected chi connectivity index (χ3v) is 4.84. The number of nitrogens with one attached hydrogen (secondary N) is 1. The van der Waals surface area contributed by atoms with Crippen LogP contribution in [0, 0.1) is 0 Å². The number of carboxylic acid groups (broad SMARTS) is 1. The van der Waals surface area contributed by atoms with Crippen molar-refractivity contribution >= 4 is 45.4 Å². The van der Waals surface area contributed by atoms with Gasteiger partial charge in [-0.1, -0.05) is 41.9 Å². The Labute approximate surface area is 161 Å². The minimum Gasteiger partial charge on any atom is -0.478 e. The van der Waals surface area contributed by atoms with Crippen molar-refractivity contribution in [3.05, 3.63) is 64.7 Å². The number of amides is 1. The summed E-state index contributed by atoms with van der Waals surface area (Å²) in [6.45, 7) is -0.541. The van der Waals surface area contributed by atoms with E-state index in [9.17, 15) is 18.0 Å². The number of nitrogens with zero attached hydrogens (tertiary/aromatic N) is 2. The highest BCUT2D eigenvalue weighted by Crippen LogP contribution is 2.26. The zero-order valence-electron chi connectivity index (χ0n) is 14.2. The maximum absolute atomic E-state index is 12.1. The van der Waals surface area contributed by atoms with E-state index in [0.29, 0.717) is 0 Å². The van der Waals surface area contributed by atoms with Crippen LogP contribution in [0.1, 0.15) is 15.9 Å². The monoisotopic (exact) mass is 409 g/mol. The van der Waals surface area contributed by atoms with Gasteiger partial charge in [-0.15, -0.1) is 0 Å². The van der Waals surface area contributed by atoms with Crippen LogP contribution < -0.4 is 9.73 Å². The van der Waals surface area contributed by atoms with Crippen LogP contribution in [0.5, 0.6) is 0 Å². The van der Waals surface area contributed by atoms with Crippen molar-refractivity contribution in [1.82, 2.24) is 5.43 Å². The summed E-state index contributed by atoms with van der Waals surface area (Å²) < 4.78 is 24.9. The molecule has 0 saturated heterocycles. The maximum atomic E-state index is 12.1. The third-order valence-electron chi connectivity index (χ3n) is 3.39. The number of sulfonamides is 1. The fourth-order valence-corrected chi connectivity index (χ4v) is 3.34. The Bertz CT molecular complexity index is 992. The van der Waals surface area contributed by atoms with Gasteiger partial charge in [0.05, 0.1) is 28.7 Å². The molecule has 1 amide bonds. The van der Waals surface area contributed by atoms with Crippen molar-refractivity contribution < 1.29 is 23.1 Å². The van der Waals surface area contributed by atoms with Crippen LogP contribution in [0.15, 0.2) is 53.6 Å². The number of carboxylic acids is 1. The number of para-hydroxylation sites is 1. The highest BCUT2D eigenvalue weighted by atomic mass is 35.5. The lowest BCUT2D eigenvalue weighted by molar-refractivity contribution is -0.119. The quantitative estimate of drug-likeness (QED) is 0.535. The molecule has 0 aliphatic heterocycles. The number of hydrogen-bond acceptors (Lipinski definition) is 5. The second-order valence-corrected chi connectivity index (χ2v) is 7.72. The van der Waals surface area contributed by atoms with Gasteiger partial charge in [0.2, 0.25) is 10.0 Å². The topological polar surface area (TPSA) is 116 Å². The number of halogens is 1. The Morgan fingerprint density at radius 2 is 1.81 bits per heavy atom. The Hall–Kier alpha value is -2.91. The van der Waals surface area contributed by atoms with Gasteiger partial charge in [0.25, 0.3) is 5.91 Å². The van der Waals surface area contributed by atoms with Crippen LogP contribution in [0.2, 0.25) is 5.02 Å². The lowest BCUT2D eigenvalue weighted by Crippen LogP contribution is -2.39. The summed E-state index contributed by atoms with van der Waals surface area (Å²) in [6, 6.07) is 12.3. The first-order valence-corrected chi connectivity index (χ1v) is 9.79. The summed E-state index contributed by atoms with van der Waals surface area (Å²) in [5.74, 6) is -1.85. The smallest absolute Gasteiger partial charge is 0.336 e. The molecule has 0 aromatic heterocycles. The summed E-state index contributed by atoms with van der Waals surface area (Å²) in [4.78, 5) is 23.2. The number of carbonyl (C=O) groups is 2. The van der Waals surface area contributed by atoms with Crippen molar-refractivity contribution in [2.45, 2.75) is 0 Å². The van der Waals surface area contributed by atoms with E-state index >= 15 is 0 Å². The average molecular weight is 410 g/mol. The van der Waals surface area contributed by atoms with Crippen molar-refractivity contribution in [3.8, 4) is 0 Å². The van der Waals surface area contributed by atoms with E-state index in [1.165, 1.54) is 30.5 Å². The zero-order chi connectivity index (χ0) is 20.0. The molecular formula is C17H16ClN3O5S. The van der Waals surface area contributed by atoms with Crippen LogP contribution in [0.3, 0.4) is 0 Å². The highest BCUT2D eigenvalue weighted by molar-refractivity contribution is 7.92. The number of carbonyl (C=O) groups excluding carboxylic acids is 1. The minimum absolute atomic E-state index is 0.0179. The van der Waals surface area contributed by atoms with Crippen LogP contribution >= 0.6 is 11.6 Å². The molecule has 0 radical (unpaired) electrons. The van der Waals surface area contributed by atoms with Gasteiger partial charge in [-0.05, 0) is 18.2 Å². The molecule has 0 unspecified atom stereocenters. The van der Waals surface area contributed by atoms with E-state index in [4.69, 9.17) is 16.7 Å². The number of aromatic carboxylic acids is 1. The van der Waals surface area contributed by atoms with Crippen LogP contribution in [0.4, 0.5) is 5.69 Å². The first-order valence-electron chi connectivity index (χ1n) is 7.56. The van der Waals surface area contributed by atoms with Crippen molar-refractivity contribution in [3.63, 3.8) is 0 Å². The summed E-state index contributed by atoms with van der Waals surface area (Å²) in [5.41, 5.74) is 2.65. The molecule has 10 heteroatoms. The molecule has 2 rings (SSSR count). The van der Waals surface area contributed by atoms with Gasteiger partial charge in [0, 0.05) is 5.56 Å². The standard InChI is InChI=1S/C17H16ClN3O5S/c1-27(25,26)21(15-9-5-4-8-14(15)18)11-16(22)20-19-10-12-6-2-3-7-13(12)17(23)24/h2-10H,11H2,1H3,(H,20,22)(H,23,24)/b19-10-. The van der Waals surface area contributed by atoms with Gasteiger partial charge < -0.3 is 5.11 Å². The lowest BCUT2D eigenvalue weighted by Gasteiger charge is -2.22. The number of rotatable bonds is 7. The summed E-state index contributed by atoms with van der Waals surface area (Å²) in [6.07, 6.45) is 2.12. The molecule has 27 heavy (non-hydrogen) atoms. The van der Waals surface area contributed by atoms with Gasteiger partial charge in [-0.2, -0.15) is 5.10 Å². The molecule has 0 aliphatic rings. The first kappa shape index (κ1) is 20.4. The number of hydrazone groups is 1. The maximum Gasteiger partial charge on any atom is 0.336 e. The van der Waals surface area contributed by atoms with E-state index in [1.807, 2.05) is 0 Å². The SMILES string of the molecule is CS(=O)(=O)N(CC(=O)N/N=C\c1ccccc1C(=O)O)c1ccccc1Cl. The lowest BCUT2D eigenvalue weighted by atomic mass is 10.1. The van der Waals surface area contributed by atoms with Gasteiger partial charge in [-0.25, -0.2) is 18.6 Å². The molecule has 0 fully saturated rings. The molecule has 8 nitrogen and oxygen atoms in total. The van der Waals surface area contributed by atoms with Crippen LogP contribution in [0.25, 0.3) is 0 Å². The van der Waals surface area contributed by atoms with E-state index in [2.05, 4.69) is 10.5 Å². The van der Waals surface area contributed by atoms with Gasteiger partial charge >= 0.3 is 5.97 Å². The molecule has 0 bridgehead atoms. The first-order chi connectivity index (χ1) is 12.7. The fraction of sp³-hybridized carbons (Fsp3) is 0.118. The van der Waals surface area contributed by atoms with Gasteiger partial charge in [0.15, 0.2) is 0 Å². The zero-order valence-corrected chi connectivity index (χ0v) is 15.7. The molecule has 2 N–H and O–H groups in total. The molecule has 0 aliphatic carbocycles. The number of anilines is 1. The van der Waals surface area contributed by atoms with Crippen molar-refractivity contribution in [1.29, 1.82) is 0 Å². The molecule has 0 heterocycles. The van der Waals surface area contributed by atoms with Gasteiger partial charge in [-0.3, -0.25) is 9.10 Å². The summed E-state index contributed by atoms with van der Waals surface area (Å²) >= 11 is 6.02. The van der Waals surface area contributed by atoms with Gasteiger partial charge in [0.1, 0.15) is 6.54 Å². The number of hydrogen-bond donors (Lipinski definition) is 2. The minimum atomic E-state index is -3.77. The number of benzene rings is 2. The predicted molar refractivity (Wildman–Crippen MR) is 103 cm³/mol. The molecule has 2 aromatic carbocycles. The molecule has 0 saturated carbocycles. The second-order valence-electron chi connectivity index (χ2n) is 5.41. The van der Waals surface area contributed by atoms with E-state index in [1.54, 1.807) is 24.3 Å². The molecular weight excluding hydrogens is 394 g/mol. The van der Waals surface area contributed by atoms with Crippen LogP contribution in [-0.4, -0.2) is 44.4 Å². The van der Waals surface area contributed by atoms with E-state index < -0.39 is 28.4 Å². The largest absolute Gasteiger partial charge is 0.478 e. The summed E-state index contributed by atoms with van der Waals surface area (Å²) in [5, 5.41) is 13.0. The second kappa shape index (κ2) is 8.65. The molecule has 0 atom stereocenters. The van der Waals surface area contributed by atoms with Crippen molar-refractivity contribution in [2.24, 2.45) is 5.10 Å². The third kappa shape index (κ3) is 5.53. The fourth-order valence-electron chi connectivity index (χ4n) is 2.18. The Kier molecular flexibility index (Phi) is 6.54. The average Bonchev–Trinajstić information content (AvgIpc) is 2.60. The molecule has 142 valence electrons. The predicted octanol–water partition coefficient (Wildman–Crippen LogP) is 1.95. The Balaban J connectivity index is 2.14. The molecule has 0 spiro atoms. The van der Waals surface area contributed by atoms with E-state index in [-0.39, 0.29) is 21.8 Å². The van der Waals surface area contributed by atoms with Crippen LogP contribution in [-0.2, 0) is 14.8 Å². The normalized spacial score (nSPS) is 11.3. The van der Waals surface area contributed by atoms with E-state index in [0.717, 1.165) is 10.6 Å².